The number of aromatic amines is 1. The Kier molecular flexibility index (Phi) is 4.27. The van der Waals surface area contributed by atoms with Gasteiger partial charge in [-0.25, -0.2) is 9.97 Å². The van der Waals surface area contributed by atoms with Crippen molar-refractivity contribution in [2.45, 2.75) is 19.4 Å². The monoisotopic (exact) mass is 281 g/mol. The Morgan fingerprint density at radius 2 is 2.21 bits per heavy atom. The molecule has 3 heterocycles. The van der Waals surface area contributed by atoms with Crippen molar-refractivity contribution in [3.05, 3.63) is 18.6 Å². The van der Waals surface area contributed by atoms with Crippen LogP contribution in [0.1, 0.15) is 13.3 Å². The maximum Gasteiger partial charge on any atom is 0.142 e. The number of aromatic nitrogens is 3. The lowest BCUT2D eigenvalue weighted by molar-refractivity contribution is 0.338. The zero-order chi connectivity index (χ0) is 12.5. The molecule has 2 aromatic rings. The fraction of sp³-hybridized carbons (Fsp3) is 0.538. The lowest BCUT2D eigenvalue weighted by Crippen LogP contribution is -2.49. The normalized spacial score (nSPS) is 23.1. The SMILES string of the molecule is C[C@@H]1CCNC[C@H]1N(C)c1ncnc2[nH]ccc12.Cl. The summed E-state index contributed by atoms with van der Waals surface area (Å²) in [7, 11) is 2.13. The van der Waals surface area contributed by atoms with Gasteiger partial charge < -0.3 is 15.2 Å². The van der Waals surface area contributed by atoms with E-state index in [1.165, 1.54) is 6.42 Å². The molecule has 104 valence electrons. The van der Waals surface area contributed by atoms with Gasteiger partial charge in [0.15, 0.2) is 0 Å². The highest BCUT2D eigenvalue weighted by Gasteiger charge is 2.26. The van der Waals surface area contributed by atoms with Crippen molar-refractivity contribution in [3.63, 3.8) is 0 Å². The molecule has 2 atom stereocenters. The smallest absolute Gasteiger partial charge is 0.142 e. The third-order valence-corrected chi connectivity index (χ3v) is 3.95. The van der Waals surface area contributed by atoms with Crippen LogP contribution >= 0.6 is 12.4 Å². The lowest BCUT2D eigenvalue weighted by atomic mass is 9.93. The molecule has 6 heteroatoms. The van der Waals surface area contributed by atoms with Crippen LogP contribution in [0.25, 0.3) is 11.0 Å². The number of rotatable bonds is 2. The summed E-state index contributed by atoms with van der Waals surface area (Å²) in [6.45, 7) is 4.46. The predicted octanol–water partition coefficient (Wildman–Crippen LogP) is 1.81. The van der Waals surface area contributed by atoms with E-state index in [0.29, 0.717) is 12.0 Å². The molecule has 0 aromatic carbocycles. The fourth-order valence-electron chi connectivity index (χ4n) is 2.79. The number of halogens is 1. The minimum absolute atomic E-state index is 0. The highest BCUT2D eigenvalue weighted by Crippen LogP contribution is 2.26. The van der Waals surface area contributed by atoms with Crippen LogP contribution in [0, 0.1) is 5.92 Å². The highest BCUT2D eigenvalue weighted by molar-refractivity contribution is 5.87. The van der Waals surface area contributed by atoms with Gasteiger partial charge in [-0.15, -0.1) is 12.4 Å². The molecule has 0 spiro atoms. The number of anilines is 1. The van der Waals surface area contributed by atoms with Gasteiger partial charge in [-0.2, -0.15) is 0 Å². The molecule has 1 aliphatic heterocycles. The molecule has 0 bridgehead atoms. The van der Waals surface area contributed by atoms with Gasteiger partial charge in [0.05, 0.1) is 5.39 Å². The van der Waals surface area contributed by atoms with Crippen LogP contribution in [0.15, 0.2) is 18.6 Å². The first-order valence-corrected chi connectivity index (χ1v) is 6.49. The summed E-state index contributed by atoms with van der Waals surface area (Å²) in [5.41, 5.74) is 0.906. The van der Waals surface area contributed by atoms with Crippen LogP contribution < -0.4 is 10.2 Å². The number of hydrogen-bond acceptors (Lipinski definition) is 4. The molecule has 0 unspecified atom stereocenters. The second kappa shape index (κ2) is 5.75. The first-order valence-electron chi connectivity index (χ1n) is 6.49. The van der Waals surface area contributed by atoms with Crippen LogP contribution in [0.3, 0.4) is 0 Å². The average Bonchev–Trinajstić information content (AvgIpc) is 2.86. The molecule has 0 saturated carbocycles. The number of likely N-dealkylation sites (N-methyl/N-ethyl adjacent to an activating group) is 1. The van der Waals surface area contributed by atoms with Crippen molar-refractivity contribution in [3.8, 4) is 0 Å². The highest BCUT2D eigenvalue weighted by atomic mass is 35.5. The second-order valence-corrected chi connectivity index (χ2v) is 5.09. The van der Waals surface area contributed by atoms with E-state index in [9.17, 15) is 0 Å². The first-order chi connectivity index (χ1) is 8.77. The molecule has 1 aliphatic rings. The van der Waals surface area contributed by atoms with Gasteiger partial charge in [0, 0.05) is 25.8 Å². The number of nitrogens with one attached hydrogen (secondary N) is 2. The third-order valence-electron chi connectivity index (χ3n) is 3.95. The number of fused-ring (bicyclic) bond motifs is 1. The summed E-state index contributed by atoms with van der Waals surface area (Å²) in [4.78, 5) is 14.1. The van der Waals surface area contributed by atoms with Crippen molar-refractivity contribution in [2.24, 2.45) is 5.92 Å². The molecule has 5 nitrogen and oxygen atoms in total. The Balaban J connectivity index is 0.00000133. The Morgan fingerprint density at radius 1 is 1.37 bits per heavy atom. The van der Waals surface area contributed by atoms with Crippen molar-refractivity contribution in [1.82, 2.24) is 20.3 Å². The molecule has 2 N–H and O–H groups in total. The fourth-order valence-corrected chi connectivity index (χ4v) is 2.79. The van der Waals surface area contributed by atoms with Crippen LogP contribution in [0.2, 0.25) is 0 Å². The van der Waals surface area contributed by atoms with E-state index in [2.05, 4.69) is 39.1 Å². The van der Waals surface area contributed by atoms with E-state index in [1.807, 2.05) is 12.3 Å². The minimum Gasteiger partial charge on any atom is -0.354 e. The van der Waals surface area contributed by atoms with Gasteiger partial charge in [-0.05, 0) is 24.9 Å². The largest absolute Gasteiger partial charge is 0.354 e. The van der Waals surface area contributed by atoms with Gasteiger partial charge in [0.25, 0.3) is 0 Å². The zero-order valence-corrected chi connectivity index (χ0v) is 12.1. The summed E-state index contributed by atoms with van der Waals surface area (Å²) in [6, 6.07) is 2.54. The molecule has 1 saturated heterocycles. The number of nitrogens with zero attached hydrogens (tertiary/aromatic N) is 3. The van der Waals surface area contributed by atoms with E-state index < -0.39 is 0 Å². The summed E-state index contributed by atoms with van der Waals surface area (Å²) < 4.78 is 0. The van der Waals surface area contributed by atoms with Gasteiger partial charge in [0.2, 0.25) is 0 Å². The number of hydrogen-bond donors (Lipinski definition) is 2. The van der Waals surface area contributed by atoms with E-state index in [-0.39, 0.29) is 12.4 Å². The van der Waals surface area contributed by atoms with E-state index in [0.717, 1.165) is 29.9 Å². The third kappa shape index (κ3) is 2.53. The molecule has 19 heavy (non-hydrogen) atoms. The number of piperidine rings is 1. The maximum absolute atomic E-state index is 4.46. The molecule has 3 rings (SSSR count). The van der Waals surface area contributed by atoms with Crippen molar-refractivity contribution < 1.29 is 0 Å². The molecule has 1 fully saturated rings. The number of H-pyrrole nitrogens is 1. The first kappa shape index (κ1) is 14.1. The lowest BCUT2D eigenvalue weighted by Gasteiger charge is -2.37. The summed E-state index contributed by atoms with van der Waals surface area (Å²) in [5, 5.41) is 4.56. The minimum atomic E-state index is 0. The van der Waals surface area contributed by atoms with Crippen LogP contribution in [-0.4, -0.2) is 41.1 Å². The topological polar surface area (TPSA) is 56.8 Å². The molecule has 2 aromatic heterocycles. The Hall–Kier alpha value is -1.33. The van der Waals surface area contributed by atoms with E-state index in [4.69, 9.17) is 0 Å². The maximum atomic E-state index is 4.46. The van der Waals surface area contributed by atoms with Crippen molar-refractivity contribution >= 4 is 29.3 Å². The van der Waals surface area contributed by atoms with Gasteiger partial charge >= 0.3 is 0 Å². The Bertz CT molecular complexity index is 541. The Labute approximate surface area is 119 Å². The zero-order valence-electron chi connectivity index (χ0n) is 11.3. The molecule has 0 radical (unpaired) electrons. The summed E-state index contributed by atoms with van der Waals surface area (Å²) >= 11 is 0. The molecule has 0 aliphatic carbocycles. The predicted molar refractivity (Wildman–Crippen MR) is 80.0 cm³/mol. The van der Waals surface area contributed by atoms with Crippen LogP contribution in [0.5, 0.6) is 0 Å². The van der Waals surface area contributed by atoms with Crippen LogP contribution in [-0.2, 0) is 0 Å². The van der Waals surface area contributed by atoms with Crippen molar-refractivity contribution in [1.29, 1.82) is 0 Å². The summed E-state index contributed by atoms with van der Waals surface area (Å²) in [5.74, 6) is 1.70. The Morgan fingerprint density at radius 3 is 3.00 bits per heavy atom. The van der Waals surface area contributed by atoms with E-state index >= 15 is 0 Å². The second-order valence-electron chi connectivity index (χ2n) is 5.09. The van der Waals surface area contributed by atoms with Gasteiger partial charge in [-0.1, -0.05) is 6.92 Å². The quantitative estimate of drug-likeness (QED) is 0.882. The standard InChI is InChI=1S/C13H19N5.ClH/c1-9-3-5-14-7-11(9)18(2)13-10-4-6-15-12(10)16-8-17-13;/h4,6,8-9,11,14H,3,5,7H2,1-2H3,(H,15,16,17);1H/t9-,11-;/m1./s1. The van der Waals surface area contributed by atoms with Gasteiger partial charge in [-0.3, -0.25) is 0 Å². The molecule has 0 amide bonds. The van der Waals surface area contributed by atoms with Gasteiger partial charge in [0.1, 0.15) is 17.8 Å². The average molecular weight is 282 g/mol. The van der Waals surface area contributed by atoms with Crippen molar-refractivity contribution in [2.75, 3.05) is 25.0 Å². The van der Waals surface area contributed by atoms with E-state index in [1.54, 1.807) is 6.33 Å². The summed E-state index contributed by atoms with van der Waals surface area (Å²) in [6.07, 6.45) is 4.77. The van der Waals surface area contributed by atoms with Crippen LogP contribution in [0.4, 0.5) is 5.82 Å². The molecular weight excluding hydrogens is 262 g/mol. The molecular formula is C13H20ClN5.